The first-order chi connectivity index (χ1) is 9.11. The number of rotatable bonds is 0. The molecule has 1 aromatic heterocycles. The summed E-state index contributed by atoms with van der Waals surface area (Å²) in [6.07, 6.45) is 4.39. The van der Waals surface area contributed by atoms with E-state index < -0.39 is 0 Å². The summed E-state index contributed by atoms with van der Waals surface area (Å²) in [6, 6.07) is 1.52. The lowest BCUT2D eigenvalue weighted by Crippen LogP contribution is -2.42. The smallest absolute Gasteiger partial charge is 0.141 e. The van der Waals surface area contributed by atoms with Crippen LogP contribution >= 0.6 is 0 Å². The van der Waals surface area contributed by atoms with Gasteiger partial charge < -0.3 is 10.6 Å². The van der Waals surface area contributed by atoms with Crippen molar-refractivity contribution in [1.82, 2.24) is 9.88 Å². The van der Waals surface area contributed by atoms with E-state index in [2.05, 4.69) is 16.9 Å². The van der Waals surface area contributed by atoms with Crippen LogP contribution in [0.4, 0.5) is 4.39 Å². The molecular formula is C15H24FN3. The van der Waals surface area contributed by atoms with Crippen LogP contribution in [0.1, 0.15) is 44.0 Å². The van der Waals surface area contributed by atoms with E-state index >= 15 is 0 Å². The summed E-state index contributed by atoms with van der Waals surface area (Å²) < 4.78 is 13.2. The van der Waals surface area contributed by atoms with Crippen LogP contribution in [0.25, 0.3) is 0 Å². The van der Waals surface area contributed by atoms with E-state index in [-0.39, 0.29) is 17.3 Å². The summed E-state index contributed by atoms with van der Waals surface area (Å²) in [7, 11) is 2.14. The average molecular weight is 265 g/mol. The first kappa shape index (κ1) is 14.4. The van der Waals surface area contributed by atoms with E-state index in [1.807, 2.05) is 13.8 Å². The van der Waals surface area contributed by atoms with Gasteiger partial charge in [0.05, 0.1) is 6.20 Å². The van der Waals surface area contributed by atoms with Crippen LogP contribution in [0.5, 0.6) is 0 Å². The number of piperidine rings is 1. The largest absolute Gasteiger partial charge is 0.323 e. The highest BCUT2D eigenvalue weighted by Crippen LogP contribution is 2.49. The van der Waals surface area contributed by atoms with Crippen molar-refractivity contribution in [2.45, 2.75) is 39.2 Å². The number of aromatic nitrogens is 1. The van der Waals surface area contributed by atoms with Gasteiger partial charge in [-0.2, -0.15) is 0 Å². The van der Waals surface area contributed by atoms with Crippen LogP contribution in [0.3, 0.4) is 0 Å². The van der Waals surface area contributed by atoms with Crippen molar-refractivity contribution in [1.29, 1.82) is 0 Å². The number of pyridine rings is 1. The maximum atomic E-state index is 13.2. The van der Waals surface area contributed by atoms with Crippen molar-refractivity contribution in [3.8, 4) is 0 Å². The molecule has 3 nitrogen and oxygen atoms in total. The molecule has 1 fully saturated rings. The summed E-state index contributed by atoms with van der Waals surface area (Å²) in [4.78, 5) is 6.54. The molecule has 0 aromatic carbocycles. The van der Waals surface area contributed by atoms with Gasteiger partial charge in [-0.3, -0.25) is 4.98 Å². The van der Waals surface area contributed by atoms with Crippen molar-refractivity contribution < 1.29 is 4.39 Å². The van der Waals surface area contributed by atoms with Crippen molar-refractivity contribution in [3.63, 3.8) is 0 Å². The van der Waals surface area contributed by atoms with Gasteiger partial charge in [0, 0.05) is 11.7 Å². The fourth-order valence-corrected chi connectivity index (χ4v) is 3.23. The summed E-state index contributed by atoms with van der Waals surface area (Å²) in [5.41, 5.74) is 8.39. The van der Waals surface area contributed by atoms with Crippen LogP contribution in [0, 0.1) is 11.2 Å². The summed E-state index contributed by atoms with van der Waals surface area (Å²) in [5.74, 6) is -0.274. The number of likely N-dealkylation sites (tertiary alicyclic amines) is 1. The minimum atomic E-state index is -0.274. The van der Waals surface area contributed by atoms with E-state index in [9.17, 15) is 4.39 Å². The van der Waals surface area contributed by atoms with Gasteiger partial charge in [-0.1, -0.05) is 13.8 Å². The molecule has 1 saturated heterocycles. The number of hydrogen-bond acceptors (Lipinski definition) is 3. The monoisotopic (exact) mass is 265 g/mol. The Labute approximate surface area is 115 Å². The van der Waals surface area contributed by atoms with Gasteiger partial charge in [0.25, 0.3) is 0 Å². The zero-order valence-electron chi connectivity index (χ0n) is 12.1. The number of halogens is 1. The molecular weight excluding hydrogens is 241 g/mol. The maximum absolute atomic E-state index is 13.2. The Morgan fingerprint density at radius 2 is 2.00 bits per heavy atom. The standard InChI is InChI=1S/C13H18FN3.C2H6/c1-17-4-2-13(3-5-17)7-11-10(12(13)15)6-9(14)8-16-11;1-2/h6,8,12H,2-5,7,15H2,1H3;1-2H3/t12-;/m1./s1. The molecule has 0 radical (unpaired) electrons. The van der Waals surface area contributed by atoms with Gasteiger partial charge in [0.1, 0.15) is 5.82 Å². The van der Waals surface area contributed by atoms with Crippen LogP contribution in [0.2, 0.25) is 0 Å². The second-order valence-electron chi connectivity index (χ2n) is 5.51. The molecule has 0 saturated carbocycles. The predicted molar refractivity (Wildman–Crippen MR) is 75.3 cm³/mol. The Morgan fingerprint density at radius 3 is 2.63 bits per heavy atom. The first-order valence-corrected chi connectivity index (χ1v) is 7.19. The molecule has 3 rings (SSSR count). The highest BCUT2D eigenvalue weighted by atomic mass is 19.1. The van der Waals surface area contributed by atoms with Gasteiger partial charge >= 0.3 is 0 Å². The number of fused-ring (bicyclic) bond motifs is 1. The third kappa shape index (κ3) is 2.51. The van der Waals surface area contributed by atoms with E-state index in [1.165, 1.54) is 6.20 Å². The molecule has 2 N–H and O–H groups in total. The molecule has 2 heterocycles. The molecule has 106 valence electrons. The zero-order valence-corrected chi connectivity index (χ0v) is 12.1. The fourth-order valence-electron chi connectivity index (χ4n) is 3.23. The number of nitrogens with zero attached hydrogens (tertiary/aromatic N) is 2. The van der Waals surface area contributed by atoms with Crippen molar-refractivity contribution in [3.05, 3.63) is 29.3 Å². The van der Waals surface area contributed by atoms with Crippen LogP contribution in [0.15, 0.2) is 12.3 Å². The third-order valence-corrected chi connectivity index (χ3v) is 4.47. The quantitative estimate of drug-likeness (QED) is 0.783. The molecule has 0 bridgehead atoms. The van der Waals surface area contributed by atoms with Gasteiger partial charge in [-0.25, -0.2) is 4.39 Å². The molecule has 19 heavy (non-hydrogen) atoms. The third-order valence-electron chi connectivity index (χ3n) is 4.47. The first-order valence-electron chi connectivity index (χ1n) is 7.19. The van der Waals surface area contributed by atoms with Crippen molar-refractivity contribution in [2.24, 2.45) is 11.1 Å². The van der Waals surface area contributed by atoms with Crippen LogP contribution in [-0.4, -0.2) is 30.0 Å². The topological polar surface area (TPSA) is 42.2 Å². The highest BCUT2D eigenvalue weighted by molar-refractivity contribution is 5.33. The lowest BCUT2D eigenvalue weighted by molar-refractivity contribution is 0.105. The minimum Gasteiger partial charge on any atom is -0.323 e. The van der Waals surface area contributed by atoms with E-state index in [4.69, 9.17) is 5.73 Å². The molecule has 0 unspecified atom stereocenters. The Bertz CT molecular complexity index is 439. The van der Waals surface area contributed by atoms with E-state index in [0.29, 0.717) is 0 Å². The van der Waals surface area contributed by atoms with Crippen LogP contribution < -0.4 is 5.73 Å². The van der Waals surface area contributed by atoms with E-state index in [0.717, 1.165) is 43.6 Å². The van der Waals surface area contributed by atoms with Crippen molar-refractivity contribution in [2.75, 3.05) is 20.1 Å². The number of nitrogens with two attached hydrogens (primary N) is 1. The summed E-state index contributed by atoms with van der Waals surface area (Å²) >= 11 is 0. The number of hydrogen-bond donors (Lipinski definition) is 1. The second-order valence-corrected chi connectivity index (χ2v) is 5.51. The lowest BCUT2D eigenvalue weighted by atomic mass is 9.73. The second kappa shape index (κ2) is 5.55. The van der Waals surface area contributed by atoms with Gasteiger partial charge in [-0.15, -0.1) is 0 Å². The Kier molecular flexibility index (Phi) is 4.21. The molecule has 4 heteroatoms. The van der Waals surface area contributed by atoms with Crippen molar-refractivity contribution >= 4 is 0 Å². The molecule has 1 spiro atoms. The van der Waals surface area contributed by atoms with Gasteiger partial charge in [0.15, 0.2) is 0 Å². The normalized spacial score (nSPS) is 24.8. The SMILES string of the molecule is CC.CN1CCC2(CC1)Cc1ncc(F)cc1[C@H]2N. The van der Waals surface area contributed by atoms with Gasteiger partial charge in [-0.05, 0) is 56.4 Å². The zero-order chi connectivity index (χ0) is 14.0. The molecule has 1 aliphatic heterocycles. The molecule has 2 aliphatic rings. The Morgan fingerprint density at radius 1 is 1.37 bits per heavy atom. The fraction of sp³-hybridized carbons (Fsp3) is 0.667. The maximum Gasteiger partial charge on any atom is 0.141 e. The van der Waals surface area contributed by atoms with E-state index in [1.54, 1.807) is 6.07 Å². The average Bonchev–Trinajstić information content (AvgIpc) is 2.70. The van der Waals surface area contributed by atoms with Gasteiger partial charge in [0.2, 0.25) is 0 Å². The summed E-state index contributed by atoms with van der Waals surface area (Å²) in [5, 5.41) is 0. The Balaban J connectivity index is 0.000000637. The highest BCUT2D eigenvalue weighted by Gasteiger charge is 2.46. The minimum absolute atomic E-state index is 0.0469. The Hall–Kier alpha value is -1.00. The predicted octanol–water partition coefficient (Wildman–Crippen LogP) is 2.51. The lowest BCUT2D eigenvalue weighted by Gasteiger charge is -2.40. The molecule has 0 amide bonds. The molecule has 1 atom stereocenters. The molecule has 1 aromatic rings. The molecule has 1 aliphatic carbocycles. The van der Waals surface area contributed by atoms with Crippen LogP contribution in [-0.2, 0) is 6.42 Å². The summed E-state index contributed by atoms with van der Waals surface area (Å²) in [6.45, 7) is 6.15.